The number of nitro benzene ring substituents is 1. The monoisotopic (exact) mass is 387 g/mol. The Morgan fingerprint density at radius 2 is 1.86 bits per heavy atom. The van der Waals surface area contributed by atoms with Crippen molar-refractivity contribution in [1.29, 1.82) is 0 Å². The van der Waals surface area contributed by atoms with Gasteiger partial charge in [-0.1, -0.05) is 6.07 Å². The molecule has 28 heavy (non-hydrogen) atoms. The van der Waals surface area contributed by atoms with Gasteiger partial charge in [0.25, 0.3) is 11.6 Å². The van der Waals surface area contributed by atoms with E-state index in [2.05, 4.69) is 15.4 Å². The van der Waals surface area contributed by atoms with Gasteiger partial charge in [0.15, 0.2) is 0 Å². The second-order valence-electron chi connectivity index (χ2n) is 5.88. The van der Waals surface area contributed by atoms with E-state index in [4.69, 9.17) is 4.74 Å². The van der Waals surface area contributed by atoms with Crippen molar-refractivity contribution in [2.24, 2.45) is 0 Å². The quantitative estimate of drug-likeness (QED) is 0.309. The molecule has 0 atom stereocenters. The van der Waals surface area contributed by atoms with Crippen LogP contribution in [0.2, 0.25) is 0 Å². The average molecular weight is 387 g/mol. The normalized spacial score (nSPS) is 10.2. The first-order valence-electron chi connectivity index (χ1n) is 8.39. The molecule has 0 saturated heterocycles. The first-order valence-corrected chi connectivity index (χ1v) is 8.39. The summed E-state index contributed by atoms with van der Waals surface area (Å²) >= 11 is 0. The summed E-state index contributed by atoms with van der Waals surface area (Å²) in [5.74, 6) is -1.08. The molecule has 0 aliphatic carbocycles. The van der Waals surface area contributed by atoms with Crippen LogP contribution in [0.4, 0.5) is 17.1 Å². The average Bonchev–Trinajstić information content (AvgIpc) is 2.69. The third-order valence-corrected chi connectivity index (χ3v) is 3.99. The summed E-state index contributed by atoms with van der Waals surface area (Å²) in [7, 11) is 2.81. The van der Waals surface area contributed by atoms with E-state index < -0.39 is 16.8 Å². The minimum atomic E-state index is -0.571. The Balaban J connectivity index is 2.35. The Morgan fingerprint density at radius 3 is 2.50 bits per heavy atom. The predicted octanol–water partition coefficient (Wildman–Crippen LogP) is 3.00. The molecule has 0 aromatic heterocycles. The highest BCUT2D eigenvalue weighted by molar-refractivity contribution is 6.09. The number of benzene rings is 2. The fourth-order valence-electron chi connectivity index (χ4n) is 2.47. The maximum absolute atomic E-state index is 12.8. The van der Waals surface area contributed by atoms with E-state index in [0.29, 0.717) is 24.5 Å². The number of aryl methyl sites for hydroxylation is 1. The third-order valence-electron chi connectivity index (χ3n) is 3.99. The van der Waals surface area contributed by atoms with Gasteiger partial charge in [0, 0.05) is 37.2 Å². The number of rotatable bonds is 8. The van der Waals surface area contributed by atoms with Crippen LogP contribution in [0.15, 0.2) is 36.4 Å². The summed E-state index contributed by atoms with van der Waals surface area (Å²) in [6, 6.07) is 8.74. The number of ether oxygens (including phenoxy) is 2. The van der Waals surface area contributed by atoms with E-state index in [1.165, 1.54) is 31.4 Å². The van der Waals surface area contributed by atoms with Gasteiger partial charge in [-0.25, -0.2) is 4.79 Å². The van der Waals surface area contributed by atoms with Gasteiger partial charge in [-0.3, -0.25) is 14.9 Å². The van der Waals surface area contributed by atoms with Gasteiger partial charge < -0.3 is 20.1 Å². The van der Waals surface area contributed by atoms with Gasteiger partial charge in [0.05, 0.1) is 29.8 Å². The molecule has 0 spiro atoms. The lowest BCUT2D eigenvalue weighted by atomic mass is 10.1. The highest BCUT2D eigenvalue weighted by Crippen LogP contribution is 2.25. The Hall–Kier alpha value is -3.46. The number of non-ortho nitro benzene ring substituents is 1. The topological polar surface area (TPSA) is 120 Å². The number of nitro groups is 1. The second-order valence-corrected chi connectivity index (χ2v) is 5.88. The molecule has 2 rings (SSSR count). The number of carbonyl (C=O) groups excluding carboxylic acids is 2. The lowest BCUT2D eigenvalue weighted by Crippen LogP contribution is -2.17. The van der Waals surface area contributed by atoms with Crippen molar-refractivity contribution < 1.29 is 24.0 Å². The summed E-state index contributed by atoms with van der Waals surface area (Å²) in [5, 5.41) is 16.8. The first-order chi connectivity index (χ1) is 13.4. The predicted molar refractivity (Wildman–Crippen MR) is 104 cm³/mol. The van der Waals surface area contributed by atoms with Gasteiger partial charge >= 0.3 is 5.97 Å². The van der Waals surface area contributed by atoms with E-state index in [1.807, 2.05) is 0 Å². The number of hydrogen-bond donors (Lipinski definition) is 2. The number of nitrogens with one attached hydrogen (secondary N) is 2. The number of esters is 1. The van der Waals surface area contributed by atoms with Crippen LogP contribution in [0.25, 0.3) is 0 Å². The minimum absolute atomic E-state index is 0.105. The van der Waals surface area contributed by atoms with Gasteiger partial charge in [-0.15, -0.1) is 0 Å². The van der Waals surface area contributed by atoms with E-state index in [0.717, 1.165) is 5.56 Å². The summed E-state index contributed by atoms with van der Waals surface area (Å²) in [6.45, 7) is 2.59. The number of hydrogen-bond acceptors (Lipinski definition) is 7. The lowest BCUT2D eigenvalue weighted by Gasteiger charge is -2.14. The zero-order chi connectivity index (χ0) is 20.7. The highest BCUT2D eigenvalue weighted by Gasteiger charge is 2.18. The molecule has 2 N–H and O–H groups in total. The SMILES string of the molecule is COCCNc1ccc([N+](=O)[O-])cc1C(=O)Nc1cc(C(=O)OC)ccc1C. The van der Waals surface area contributed by atoms with Gasteiger partial charge in [-0.05, 0) is 30.7 Å². The van der Waals surface area contributed by atoms with Gasteiger partial charge in [0.1, 0.15) is 0 Å². The van der Waals surface area contributed by atoms with Crippen molar-refractivity contribution in [2.45, 2.75) is 6.92 Å². The molecule has 0 saturated carbocycles. The molecule has 0 heterocycles. The van der Waals surface area contributed by atoms with Crippen molar-refractivity contribution >= 4 is 28.9 Å². The molecule has 0 bridgehead atoms. The fourth-order valence-corrected chi connectivity index (χ4v) is 2.47. The molecule has 9 heteroatoms. The van der Waals surface area contributed by atoms with Crippen LogP contribution in [-0.2, 0) is 9.47 Å². The van der Waals surface area contributed by atoms with Gasteiger partial charge in [-0.2, -0.15) is 0 Å². The Labute approximate surface area is 161 Å². The summed E-state index contributed by atoms with van der Waals surface area (Å²) in [4.78, 5) is 35.1. The smallest absolute Gasteiger partial charge is 0.337 e. The van der Waals surface area contributed by atoms with E-state index in [9.17, 15) is 19.7 Å². The molecule has 1 amide bonds. The second kappa shape index (κ2) is 9.47. The van der Waals surface area contributed by atoms with Crippen molar-refractivity contribution in [1.82, 2.24) is 0 Å². The van der Waals surface area contributed by atoms with Crippen LogP contribution in [0.1, 0.15) is 26.3 Å². The lowest BCUT2D eigenvalue weighted by molar-refractivity contribution is -0.384. The molecule has 0 fully saturated rings. The zero-order valence-electron chi connectivity index (χ0n) is 15.8. The molecular weight excluding hydrogens is 366 g/mol. The molecule has 9 nitrogen and oxygen atoms in total. The molecular formula is C19H21N3O6. The highest BCUT2D eigenvalue weighted by atomic mass is 16.6. The third kappa shape index (κ3) is 5.04. The summed E-state index contributed by atoms with van der Waals surface area (Å²) in [6.07, 6.45) is 0. The van der Waals surface area contributed by atoms with Crippen LogP contribution in [-0.4, -0.2) is 44.2 Å². The van der Waals surface area contributed by atoms with E-state index in [-0.39, 0.29) is 16.8 Å². The van der Waals surface area contributed by atoms with Crippen LogP contribution in [0, 0.1) is 17.0 Å². The zero-order valence-corrected chi connectivity index (χ0v) is 15.8. The van der Waals surface area contributed by atoms with Crippen molar-refractivity contribution in [3.63, 3.8) is 0 Å². The number of nitrogens with zero attached hydrogens (tertiary/aromatic N) is 1. The fraction of sp³-hybridized carbons (Fsp3) is 0.263. The standard InChI is InChI=1S/C19H21N3O6/c1-12-4-5-13(19(24)28-3)10-17(12)21-18(23)15-11-14(22(25)26)6-7-16(15)20-8-9-27-2/h4-7,10-11,20H,8-9H2,1-3H3,(H,21,23). The van der Waals surface area contributed by atoms with E-state index >= 15 is 0 Å². The maximum atomic E-state index is 12.8. The Morgan fingerprint density at radius 1 is 1.11 bits per heavy atom. The minimum Gasteiger partial charge on any atom is -0.465 e. The number of methoxy groups -OCH3 is 2. The van der Waals surface area contributed by atoms with Crippen LogP contribution in [0.3, 0.4) is 0 Å². The number of anilines is 2. The van der Waals surface area contributed by atoms with Crippen molar-refractivity contribution in [3.8, 4) is 0 Å². The van der Waals surface area contributed by atoms with Gasteiger partial charge in [0.2, 0.25) is 0 Å². The van der Waals surface area contributed by atoms with Crippen LogP contribution < -0.4 is 10.6 Å². The van der Waals surface area contributed by atoms with Crippen LogP contribution >= 0.6 is 0 Å². The van der Waals surface area contributed by atoms with E-state index in [1.54, 1.807) is 26.2 Å². The number of carbonyl (C=O) groups is 2. The van der Waals surface area contributed by atoms with Crippen molar-refractivity contribution in [2.75, 3.05) is 38.0 Å². The molecule has 0 aliphatic heterocycles. The molecule has 0 aliphatic rings. The maximum Gasteiger partial charge on any atom is 0.337 e. The Kier molecular flexibility index (Phi) is 7.05. The molecule has 2 aromatic carbocycles. The molecule has 148 valence electrons. The molecule has 2 aromatic rings. The molecule has 0 radical (unpaired) electrons. The largest absolute Gasteiger partial charge is 0.465 e. The Bertz CT molecular complexity index is 897. The summed E-state index contributed by atoms with van der Waals surface area (Å²) in [5.41, 5.74) is 1.74. The summed E-state index contributed by atoms with van der Waals surface area (Å²) < 4.78 is 9.66. The first kappa shape index (κ1) is 20.8. The number of amides is 1. The molecule has 0 unspecified atom stereocenters. The van der Waals surface area contributed by atoms with Crippen LogP contribution in [0.5, 0.6) is 0 Å². The van der Waals surface area contributed by atoms with Crippen molar-refractivity contribution in [3.05, 3.63) is 63.2 Å².